The maximum absolute atomic E-state index is 4.71. The number of aromatic nitrogens is 2. The molecule has 0 spiro atoms. The molecule has 0 fully saturated rings. The SMILES string of the molecule is CCNCc1nc2c([nH]1)CCc1ccccc1-2. The van der Waals surface area contributed by atoms with E-state index in [0.29, 0.717) is 0 Å². The van der Waals surface area contributed by atoms with Gasteiger partial charge in [0.1, 0.15) is 5.82 Å². The Balaban J connectivity index is 1.98. The quantitative estimate of drug-likeness (QED) is 0.844. The van der Waals surface area contributed by atoms with E-state index in [-0.39, 0.29) is 0 Å². The predicted molar refractivity (Wildman–Crippen MR) is 68.8 cm³/mol. The van der Waals surface area contributed by atoms with Gasteiger partial charge in [-0.05, 0) is 24.9 Å². The highest BCUT2D eigenvalue weighted by Crippen LogP contribution is 2.31. The van der Waals surface area contributed by atoms with Gasteiger partial charge in [0.15, 0.2) is 0 Å². The fourth-order valence-electron chi connectivity index (χ4n) is 2.42. The Labute approximate surface area is 101 Å². The van der Waals surface area contributed by atoms with Crippen LogP contribution < -0.4 is 5.32 Å². The van der Waals surface area contributed by atoms with Gasteiger partial charge in [0, 0.05) is 11.3 Å². The van der Waals surface area contributed by atoms with E-state index in [2.05, 4.69) is 41.5 Å². The van der Waals surface area contributed by atoms with Crippen LogP contribution in [0, 0.1) is 0 Å². The van der Waals surface area contributed by atoms with Gasteiger partial charge < -0.3 is 10.3 Å². The van der Waals surface area contributed by atoms with E-state index in [1.807, 2.05) is 0 Å². The van der Waals surface area contributed by atoms with E-state index >= 15 is 0 Å². The molecule has 0 bridgehead atoms. The van der Waals surface area contributed by atoms with Crippen molar-refractivity contribution in [2.24, 2.45) is 0 Å². The minimum Gasteiger partial charge on any atom is -0.344 e. The van der Waals surface area contributed by atoms with Gasteiger partial charge in [0.25, 0.3) is 0 Å². The average Bonchev–Trinajstić information content (AvgIpc) is 2.79. The molecular formula is C14H17N3. The monoisotopic (exact) mass is 227 g/mol. The molecule has 3 rings (SSSR count). The third kappa shape index (κ3) is 1.87. The van der Waals surface area contributed by atoms with Gasteiger partial charge in [-0.1, -0.05) is 31.2 Å². The van der Waals surface area contributed by atoms with Crippen molar-refractivity contribution < 1.29 is 0 Å². The van der Waals surface area contributed by atoms with Crippen LogP contribution in [0.1, 0.15) is 24.0 Å². The Kier molecular flexibility index (Phi) is 2.69. The third-order valence-corrected chi connectivity index (χ3v) is 3.29. The highest BCUT2D eigenvalue weighted by atomic mass is 15.0. The maximum atomic E-state index is 4.71. The number of benzene rings is 1. The van der Waals surface area contributed by atoms with Crippen molar-refractivity contribution in [2.45, 2.75) is 26.3 Å². The molecule has 88 valence electrons. The van der Waals surface area contributed by atoms with Crippen LogP contribution in [0.3, 0.4) is 0 Å². The summed E-state index contributed by atoms with van der Waals surface area (Å²) in [6, 6.07) is 8.57. The Morgan fingerprint density at radius 3 is 3.06 bits per heavy atom. The Bertz CT molecular complexity index is 528. The molecule has 0 amide bonds. The number of aryl methyl sites for hydroxylation is 2. The van der Waals surface area contributed by atoms with Crippen LogP contribution in [0.5, 0.6) is 0 Å². The first-order valence-electron chi connectivity index (χ1n) is 6.25. The van der Waals surface area contributed by atoms with Gasteiger partial charge in [-0.2, -0.15) is 0 Å². The molecule has 1 heterocycles. The molecule has 3 heteroatoms. The molecule has 1 aliphatic carbocycles. The lowest BCUT2D eigenvalue weighted by Crippen LogP contribution is -2.12. The fourth-order valence-corrected chi connectivity index (χ4v) is 2.42. The molecule has 1 aromatic carbocycles. The molecule has 0 unspecified atom stereocenters. The first-order chi connectivity index (χ1) is 8.38. The lowest BCUT2D eigenvalue weighted by atomic mass is 9.93. The third-order valence-electron chi connectivity index (χ3n) is 3.29. The smallest absolute Gasteiger partial charge is 0.121 e. The summed E-state index contributed by atoms with van der Waals surface area (Å²) in [4.78, 5) is 8.15. The molecular weight excluding hydrogens is 210 g/mol. The lowest BCUT2D eigenvalue weighted by molar-refractivity contribution is 0.696. The first-order valence-corrected chi connectivity index (χ1v) is 6.25. The summed E-state index contributed by atoms with van der Waals surface area (Å²) < 4.78 is 0. The lowest BCUT2D eigenvalue weighted by Gasteiger charge is -2.14. The number of nitrogens with zero attached hydrogens (tertiary/aromatic N) is 1. The Morgan fingerprint density at radius 2 is 2.18 bits per heavy atom. The number of H-pyrrole nitrogens is 1. The number of aromatic amines is 1. The van der Waals surface area contributed by atoms with Crippen molar-refractivity contribution >= 4 is 0 Å². The largest absolute Gasteiger partial charge is 0.344 e. The van der Waals surface area contributed by atoms with Gasteiger partial charge in [0.2, 0.25) is 0 Å². The van der Waals surface area contributed by atoms with Crippen LogP contribution in [0.2, 0.25) is 0 Å². The second kappa shape index (κ2) is 4.34. The van der Waals surface area contributed by atoms with E-state index in [9.17, 15) is 0 Å². The van der Waals surface area contributed by atoms with Crippen molar-refractivity contribution in [3.8, 4) is 11.3 Å². The predicted octanol–water partition coefficient (Wildman–Crippen LogP) is 2.28. The minimum absolute atomic E-state index is 0.825. The average molecular weight is 227 g/mol. The molecule has 0 aliphatic heterocycles. The molecule has 17 heavy (non-hydrogen) atoms. The summed E-state index contributed by atoms with van der Waals surface area (Å²) in [6.45, 7) is 3.91. The minimum atomic E-state index is 0.825. The summed E-state index contributed by atoms with van der Waals surface area (Å²) in [6.07, 6.45) is 2.19. The van der Waals surface area contributed by atoms with Gasteiger partial charge in [-0.15, -0.1) is 0 Å². The van der Waals surface area contributed by atoms with Gasteiger partial charge in [-0.3, -0.25) is 0 Å². The summed E-state index contributed by atoms with van der Waals surface area (Å²) in [7, 11) is 0. The van der Waals surface area contributed by atoms with Crippen LogP contribution in [-0.2, 0) is 19.4 Å². The van der Waals surface area contributed by atoms with Crippen LogP contribution in [0.25, 0.3) is 11.3 Å². The zero-order chi connectivity index (χ0) is 11.7. The van der Waals surface area contributed by atoms with Gasteiger partial charge in [-0.25, -0.2) is 4.98 Å². The van der Waals surface area contributed by atoms with Crippen molar-refractivity contribution in [1.29, 1.82) is 0 Å². The molecule has 2 N–H and O–H groups in total. The Hall–Kier alpha value is -1.61. The molecule has 1 aromatic heterocycles. The van der Waals surface area contributed by atoms with E-state index in [1.54, 1.807) is 0 Å². The van der Waals surface area contributed by atoms with E-state index in [0.717, 1.165) is 37.4 Å². The summed E-state index contributed by atoms with van der Waals surface area (Å²) in [5.41, 5.74) is 5.16. The van der Waals surface area contributed by atoms with Crippen LogP contribution in [0.15, 0.2) is 24.3 Å². The summed E-state index contributed by atoms with van der Waals surface area (Å²) in [5, 5.41) is 3.30. The normalized spacial score (nSPS) is 13.2. The molecule has 3 nitrogen and oxygen atoms in total. The van der Waals surface area contributed by atoms with Crippen LogP contribution in [0.4, 0.5) is 0 Å². The standard InChI is InChI=1S/C14H17N3/c1-2-15-9-13-16-12-8-7-10-5-3-4-6-11(10)14(12)17-13/h3-6,15H,2,7-9H2,1H3,(H,16,17). The second-order valence-electron chi connectivity index (χ2n) is 4.45. The van der Waals surface area contributed by atoms with Gasteiger partial charge in [0.05, 0.1) is 12.2 Å². The highest BCUT2D eigenvalue weighted by Gasteiger charge is 2.19. The molecule has 2 aromatic rings. The van der Waals surface area contributed by atoms with Crippen molar-refractivity contribution in [1.82, 2.24) is 15.3 Å². The molecule has 1 aliphatic rings. The summed E-state index contributed by atoms with van der Waals surface area (Å²) in [5.74, 6) is 1.05. The Morgan fingerprint density at radius 1 is 1.29 bits per heavy atom. The molecule has 0 saturated carbocycles. The zero-order valence-electron chi connectivity index (χ0n) is 10.1. The van der Waals surface area contributed by atoms with Crippen LogP contribution >= 0.6 is 0 Å². The second-order valence-corrected chi connectivity index (χ2v) is 4.45. The van der Waals surface area contributed by atoms with E-state index < -0.39 is 0 Å². The zero-order valence-corrected chi connectivity index (χ0v) is 10.1. The van der Waals surface area contributed by atoms with Crippen molar-refractivity contribution in [2.75, 3.05) is 6.54 Å². The number of nitrogens with one attached hydrogen (secondary N) is 2. The molecule has 0 saturated heterocycles. The van der Waals surface area contributed by atoms with E-state index in [1.165, 1.54) is 16.8 Å². The highest BCUT2D eigenvalue weighted by molar-refractivity contribution is 5.68. The number of hydrogen-bond donors (Lipinski definition) is 2. The van der Waals surface area contributed by atoms with Crippen LogP contribution in [-0.4, -0.2) is 16.5 Å². The first kappa shape index (κ1) is 10.5. The number of hydrogen-bond acceptors (Lipinski definition) is 2. The van der Waals surface area contributed by atoms with Crippen molar-refractivity contribution in [3.05, 3.63) is 41.3 Å². The molecule has 0 atom stereocenters. The van der Waals surface area contributed by atoms with Crippen molar-refractivity contribution in [3.63, 3.8) is 0 Å². The van der Waals surface area contributed by atoms with Gasteiger partial charge >= 0.3 is 0 Å². The molecule has 0 radical (unpaired) electrons. The maximum Gasteiger partial charge on any atom is 0.121 e. The topological polar surface area (TPSA) is 40.7 Å². The number of rotatable bonds is 3. The fraction of sp³-hybridized carbons (Fsp3) is 0.357. The summed E-state index contributed by atoms with van der Waals surface area (Å²) >= 11 is 0. The number of fused-ring (bicyclic) bond motifs is 3. The number of imidazole rings is 1. The van der Waals surface area contributed by atoms with E-state index in [4.69, 9.17) is 4.98 Å².